The quantitative estimate of drug-likeness (QED) is 0.342. The van der Waals surface area contributed by atoms with Gasteiger partial charge in [0.1, 0.15) is 0 Å². The lowest BCUT2D eigenvalue weighted by atomic mass is 10.0. The minimum atomic E-state index is 0.344. The number of nitrogens with one attached hydrogen (secondary N) is 1. The van der Waals surface area contributed by atoms with Crippen LogP contribution in [0.25, 0.3) is 0 Å². The Labute approximate surface area is 88.4 Å². The summed E-state index contributed by atoms with van der Waals surface area (Å²) >= 11 is 0. The third kappa shape index (κ3) is 7.30. The Morgan fingerprint density at radius 2 is 1.93 bits per heavy atom. The van der Waals surface area contributed by atoms with Gasteiger partial charge in [0, 0.05) is 13.2 Å². The maximum absolute atomic E-state index is 5.49. The van der Waals surface area contributed by atoms with Crippen molar-refractivity contribution < 1.29 is 4.74 Å². The summed E-state index contributed by atoms with van der Waals surface area (Å²) in [6.45, 7) is 4.32. The highest BCUT2D eigenvalue weighted by Crippen LogP contribution is 2.10. The van der Waals surface area contributed by atoms with Crippen LogP contribution in [0.4, 0.5) is 0 Å². The summed E-state index contributed by atoms with van der Waals surface area (Å²) < 4.78 is 5.20. The Bertz CT molecular complexity index is 120. The molecule has 3 N–H and O–H groups in total. The second-order valence-corrected chi connectivity index (χ2v) is 3.98. The molecule has 0 aliphatic heterocycles. The first-order chi connectivity index (χ1) is 6.74. The van der Waals surface area contributed by atoms with Crippen LogP contribution in [0, 0.1) is 0 Å². The van der Waals surface area contributed by atoms with Crippen LogP contribution < -0.4 is 11.3 Å². The van der Waals surface area contributed by atoms with Crippen molar-refractivity contribution in [3.05, 3.63) is 0 Å². The van der Waals surface area contributed by atoms with Crippen molar-refractivity contribution in [2.75, 3.05) is 7.11 Å². The molecule has 0 aromatic carbocycles. The summed E-state index contributed by atoms with van der Waals surface area (Å²) in [5.41, 5.74) is 2.88. The van der Waals surface area contributed by atoms with Crippen LogP contribution in [-0.4, -0.2) is 19.3 Å². The van der Waals surface area contributed by atoms with Gasteiger partial charge >= 0.3 is 0 Å². The lowest BCUT2D eigenvalue weighted by Crippen LogP contribution is -2.35. The minimum absolute atomic E-state index is 0.344. The van der Waals surface area contributed by atoms with Gasteiger partial charge in [0.2, 0.25) is 0 Å². The average molecular weight is 202 g/mol. The molecule has 0 aliphatic carbocycles. The first-order valence-electron chi connectivity index (χ1n) is 5.73. The van der Waals surface area contributed by atoms with Gasteiger partial charge in [-0.25, -0.2) is 0 Å². The van der Waals surface area contributed by atoms with Gasteiger partial charge in [0.25, 0.3) is 0 Å². The molecule has 0 aromatic rings. The first kappa shape index (κ1) is 13.9. The van der Waals surface area contributed by atoms with Crippen molar-refractivity contribution in [2.45, 2.75) is 64.5 Å². The van der Waals surface area contributed by atoms with Crippen LogP contribution in [0.5, 0.6) is 0 Å². The monoisotopic (exact) mass is 202 g/mol. The normalized spacial score (nSPS) is 15.4. The van der Waals surface area contributed by atoms with Gasteiger partial charge in [0.15, 0.2) is 0 Å². The predicted octanol–water partition coefficient (Wildman–Crippen LogP) is 2.21. The van der Waals surface area contributed by atoms with Crippen LogP contribution in [0.1, 0.15) is 52.4 Å². The molecular weight excluding hydrogens is 176 g/mol. The summed E-state index contributed by atoms with van der Waals surface area (Å²) in [5.74, 6) is 5.49. The first-order valence-corrected chi connectivity index (χ1v) is 5.73. The molecular formula is C11H26N2O. The lowest BCUT2D eigenvalue weighted by molar-refractivity contribution is 0.105. The largest absolute Gasteiger partial charge is 0.382 e. The Balaban J connectivity index is 3.47. The summed E-state index contributed by atoms with van der Waals surface area (Å²) in [7, 11) is 1.76. The smallest absolute Gasteiger partial charge is 0.0543 e. The zero-order chi connectivity index (χ0) is 10.8. The topological polar surface area (TPSA) is 47.3 Å². The molecule has 0 spiro atoms. The van der Waals surface area contributed by atoms with Crippen molar-refractivity contribution in [3.63, 3.8) is 0 Å². The summed E-state index contributed by atoms with van der Waals surface area (Å²) in [6, 6.07) is 0.458. The Morgan fingerprint density at radius 1 is 1.21 bits per heavy atom. The Kier molecular flexibility index (Phi) is 9.35. The van der Waals surface area contributed by atoms with E-state index >= 15 is 0 Å². The molecule has 0 rings (SSSR count). The summed E-state index contributed by atoms with van der Waals surface area (Å²) in [5, 5.41) is 0. The van der Waals surface area contributed by atoms with Gasteiger partial charge in [-0.1, -0.05) is 26.2 Å². The lowest BCUT2D eigenvalue weighted by Gasteiger charge is -2.17. The van der Waals surface area contributed by atoms with Crippen molar-refractivity contribution in [1.82, 2.24) is 5.43 Å². The molecule has 3 nitrogen and oxygen atoms in total. The SMILES string of the molecule is CCCCCC(CCC(C)OC)NN. The Hall–Kier alpha value is -0.120. The Morgan fingerprint density at radius 3 is 2.43 bits per heavy atom. The maximum Gasteiger partial charge on any atom is 0.0543 e. The van der Waals surface area contributed by atoms with E-state index in [2.05, 4.69) is 19.3 Å². The molecule has 0 bridgehead atoms. The fraction of sp³-hybridized carbons (Fsp3) is 1.00. The maximum atomic E-state index is 5.49. The van der Waals surface area contributed by atoms with E-state index in [0.29, 0.717) is 12.1 Å². The zero-order valence-electron chi connectivity index (χ0n) is 9.88. The number of unbranched alkanes of at least 4 members (excludes halogenated alkanes) is 2. The van der Waals surface area contributed by atoms with E-state index in [9.17, 15) is 0 Å². The van der Waals surface area contributed by atoms with E-state index < -0.39 is 0 Å². The van der Waals surface area contributed by atoms with Gasteiger partial charge in [0.05, 0.1) is 6.10 Å². The zero-order valence-corrected chi connectivity index (χ0v) is 9.88. The molecule has 0 radical (unpaired) electrons. The van der Waals surface area contributed by atoms with Gasteiger partial charge in [-0.2, -0.15) is 0 Å². The molecule has 0 aliphatic rings. The van der Waals surface area contributed by atoms with Crippen LogP contribution in [0.3, 0.4) is 0 Å². The van der Waals surface area contributed by atoms with E-state index in [-0.39, 0.29) is 0 Å². The second-order valence-electron chi connectivity index (χ2n) is 3.98. The highest BCUT2D eigenvalue weighted by atomic mass is 16.5. The molecule has 0 heterocycles. The van der Waals surface area contributed by atoms with Crippen LogP contribution >= 0.6 is 0 Å². The molecule has 2 unspecified atom stereocenters. The average Bonchev–Trinajstić information content (AvgIpc) is 2.22. The summed E-state index contributed by atoms with van der Waals surface area (Å²) in [4.78, 5) is 0. The highest BCUT2D eigenvalue weighted by molar-refractivity contribution is 4.65. The van der Waals surface area contributed by atoms with E-state index in [1.807, 2.05) is 0 Å². The van der Waals surface area contributed by atoms with Gasteiger partial charge in [-0.3, -0.25) is 11.3 Å². The highest BCUT2D eigenvalue weighted by Gasteiger charge is 2.08. The molecule has 0 saturated heterocycles. The molecule has 2 atom stereocenters. The molecule has 0 aromatic heterocycles. The molecule has 0 saturated carbocycles. The van der Waals surface area contributed by atoms with Crippen molar-refractivity contribution in [3.8, 4) is 0 Å². The number of hydrogen-bond acceptors (Lipinski definition) is 3. The molecule has 14 heavy (non-hydrogen) atoms. The van der Waals surface area contributed by atoms with Crippen molar-refractivity contribution in [1.29, 1.82) is 0 Å². The number of ether oxygens (including phenoxy) is 1. The van der Waals surface area contributed by atoms with Gasteiger partial charge < -0.3 is 4.74 Å². The number of hydrazine groups is 1. The third-order valence-corrected chi connectivity index (χ3v) is 2.72. The van der Waals surface area contributed by atoms with E-state index in [0.717, 1.165) is 12.8 Å². The predicted molar refractivity (Wildman–Crippen MR) is 61.0 cm³/mol. The molecule has 3 heteroatoms. The van der Waals surface area contributed by atoms with Gasteiger partial charge in [-0.05, 0) is 26.2 Å². The summed E-state index contributed by atoms with van der Waals surface area (Å²) in [6.07, 6.45) is 7.56. The van der Waals surface area contributed by atoms with Crippen LogP contribution in [0.2, 0.25) is 0 Å². The number of nitrogens with two attached hydrogens (primary N) is 1. The van der Waals surface area contributed by atoms with Crippen molar-refractivity contribution in [2.24, 2.45) is 5.84 Å². The second kappa shape index (κ2) is 9.44. The fourth-order valence-electron chi connectivity index (χ4n) is 1.51. The van der Waals surface area contributed by atoms with E-state index in [1.165, 1.54) is 25.7 Å². The molecule has 0 amide bonds. The number of methoxy groups -OCH3 is 1. The van der Waals surface area contributed by atoms with Crippen LogP contribution in [-0.2, 0) is 4.74 Å². The number of rotatable bonds is 9. The molecule has 0 fully saturated rings. The molecule has 86 valence electrons. The fourth-order valence-corrected chi connectivity index (χ4v) is 1.51. The van der Waals surface area contributed by atoms with Crippen LogP contribution in [0.15, 0.2) is 0 Å². The van der Waals surface area contributed by atoms with E-state index in [1.54, 1.807) is 7.11 Å². The van der Waals surface area contributed by atoms with E-state index in [4.69, 9.17) is 10.6 Å². The standard InChI is InChI=1S/C11H26N2O/c1-4-5-6-7-11(13-12)9-8-10(2)14-3/h10-11,13H,4-9,12H2,1-3H3. The van der Waals surface area contributed by atoms with Crippen molar-refractivity contribution >= 4 is 0 Å². The third-order valence-electron chi connectivity index (χ3n) is 2.72. The minimum Gasteiger partial charge on any atom is -0.382 e. The van der Waals surface area contributed by atoms with Gasteiger partial charge in [-0.15, -0.1) is 0 Å². The number of hydrogen-bond donors (Lipinski definition) is 2.